The minimum Gasteiger partial charge on any atom is -0.393 e. The zero-order valence-electron chi connectivity index (χ0n) is 25.6. The second kappa shape index (κ2) is 12.6. The molecule has 0 aromatic carbocycles. The topological polar surface area (TPSA) is 60.7 Å². The maximum Gasteiger partial charge on any atom is 0.429 e. The highest BCUT2D eigenvalue weighted by Crippen LogP contribution is 2.64. The predicted molar refractivity (Wildman–Crippen MR) is 153 cm³/mol. The van der Waals surface area contributed by atoms with Crippen LogP contribution >= 0.6 is 0 Å². The molecule has 3 aliphatic rings. The Kier molecular flexibility index (Phi) is 10.5. The zero-order chi connectivity index (χ0) is 32.6. The van der Waals surface area contributed by atoms with Gasteiger partial charge >= 0.3 is 12.4 Å². The molecule has 3 saturated carbocycles. The molecule has 0 bridgehead atoms. The van der Waals surface area contributed by atoms with E-state index < -0.39 is 41.2 Å². The molecular formula is C33H47F7O3. The molecule has 0 spiro atoms. The second-order valence-electron chi connectivity index (χ2n) is 14.3. The Morgan fingerprint density at radius 1 is 0.977 bits per heavy atom. The van der Waals surface area contributed by atoms with Gasteiger partial charge in [-0.25, -0.2) is 4.39 Å². The third kappa shape index (κ3) is 7.78. The first kappa shape index (κ1) is 35.8. The summed E-state index contributed by atoms with van der Waals surface area (Å²) in [5.74, 6) is 0.0882. The quantitative estimate of drug-likeness (QED) is 0.177. The number of alkyl halides is 7. The van der Waals surface area contributed by atoms with Crippen LogP contribution in [0.3, 0.4) is 0 Å². The number of hydrogen-bond acceptors (Lipinski definition) is 3. The monoisotopic (exact) mass is 624 g/mol. The molecule has 10 heteroatoms. The fourth-order valence-corrected chi connectivity index (χ4v) is 8.01. The molecule has 0 heterocycles. The maximum atomic E-state index is 14.3. The lowest BCUT2D eigenvalue weighted by Crippen LogP contribution is -2.55. The summed E-state index contributed by atoms with van der Waals surface area (Å²) < 4.78 is 94.4. The van der Waals surface area contributed by atoms with E-state index in [0.29, 0.717) is 36.8 Å². The Labute approximate surface area is 250 Å². The van der Waals surface area contributed by atoms with Crippen LogP contribution in [0, 0.1) is 22.7 Å². The summed E-state index contributed by atoms with van der Waals surface area (Å²) in [6, 6.07) is 0. The van der Waals surface area contributed by atoms with Gasteiger partial charge < -0.3 is 15.3 Å². The van der Waals surface area contributed by atoms with E-state index in [4.69, 9.17) is 0 Å². The molecule has 3 N–H and O–H groups in total. The van der Waals surface area contributed by atoms with Crippen LogP contribution in [-0.2, 0) is 0 Å². The van der Waals surface area contributed by atoms with Gasteiger partial charge in [-0.1, -0.05) is 50.6 Å². The fraction of sp³-hybridized carbons (Fsp3) is 0.758. The second-order valence-corrected chi connectivity index (χ2v) is 14.3. The number of rotatable bonds is 9. The summed E-state index contributed by atoms with van der Waals surface area (Å²) in [4.78, 5) is 0. The smallest absolute Gasteiger partial charge is 0.393 e. The highest BCUT2D eigenvalue weighted by atomic mass is 19.4. The molecule has 3 aliphatic carbocycles. The molecule has 0 aliphatic heterocycles. The number of aliphatic hydroxyl groups is 3. The summed E-state index contributed by atoms with van der Waals surface area (Å²) in [6.07, 6.45) is -3.71. The molecule has 6 atom stereocenters. The minimum absolute atomic E-state index is 0.0267. The number of hydrogen-bond donors (Lipinski definition) is 3. The number of allylic oxidation sites excluding steroid dienone is 5. The normalized spacial score (nSPS) is 32.9. The average molecular weight is 625 g/mol. The van der Waals surface area contributed by atoms with Crippen molar-refractivity contribution in [3.05, 3.63) is 47.6 Å². The number of aliphatic hydroxyl groups excluding tert-OH is 1. The Hall–Kier alpha value is -1.65. The van der Waals surface area contributed by atoms with Crippen molar-refractivity contribution in [1.29, 1.82) is 0 Å². The van der Waals surface area contributed by atoms with E-state index in [-0.39, 0.29) is 36.2 Å². The van der Waals surface area contributed by atoms with Crippen molar-refractivity contribution in [3.63, 3.8) is 0 Å². The lowest BCUT2D eigenvalue weighted by molar-refractivity contribution is -0.347. The minimum atomic E-state index is -5.93. The van der Waals surface area contributed by atoms with Crippen molar-refractivity contribution in [2.24, 2.45) is 22.7 Å². The molecule has 0 radical (unpaired) electrons. The largest absolute Gasteiger partial charge is 0.429 e. The van der Waals surface area contributed by atoms with Crippen LogP contribution in [0.25, 0.3) is 0 Å². The van der Waals surface area contributed by atoms with Crippen LogP contribution < -0.4 is 0 Å². The Morgan fingerprint density at radius 3 is 2.19 bits per heavy atom. The molecule has 3 fully saturated rings. The summed E-state index contributed by atoms with van der Waals surface area (Å²) in [5.41, 5.74) is -4.69. The van der Waals surface area contributed by atoms with Crippen molar-refractivity contribution >= 4 is 0 Å². The first-order chi connectivity index (χ1) is 19.5. The van der Waals surface area contributed by atoms with Gasteiger partial charge in [0.2, 0.25) is 0 Å². The lowest BCUT2D eigenvalue weighted by Gasteiger charge is -2.49. The first-order valence-corrected chi connectivity index (χ1v) is 15.2. The summed E-state index contributed by atoms with van der Waals surface area (Å²) in [6.45, 7) is 11.2. The molecule has 0 amide bonds. The van der Waals surface area contributed by atoms with Crippen LogP contribution in [0.15, 0.2) is 47.6 Å². The van der Waals surface area contributed by atoms with Crippen molar-refractivity contribution in [2.75, 3.05) is 0 Å². The van der Waals surface area contributed by atoms with Crippen molar-refractivity contribution in [1.82, 2.24) is 0 Å². The van der Waals surface area contributed by atoms with Gasteiger partial charge in [-0.15, -0.1) is 0 Å². The van der Waals surface area contributed by atoms with Gasteiger partial charge in [0.05, 0.1) is 11.7 Å². The van der Waals surface area contributed by atoms with Gasteiger partial charge in [-0.2, -0.15) is 26.3 Å². The van der Waals surface area contributed by atoms with Gasteiger partial charge in [-0.05, 0) is 112 Å². The van der Waals surface area contributed by atoms with Gasteiger partial charge in [0.15, 0.2) is 0 Å². The summed E-state index contributed by atoms with van der Waals surface area (Å²) >= 11 is 0. The van der Waals surface area contributed by atoms with E-state index in [2.05, 4.69) is 13.5 Å². The molecule has 0 aromatic rings. The molecule has 1 unspecified atom stereocenters. The highest BCUT2D eigenvalue weighted by Gasteiger charge is 2.69. The Balaban J connectivity index is 1.93. The molecule has 0 aromatic heterocycles. The van der Waals surface area contributed by atoms with E-state index in [1.54, 1.807) is 13.8 Å². The SMILES string of the molecule is C=C1/C(=C\C=C2CCC[C@@]3(C)C2CC[C@@H]3[C@](C)(C/C=C\C(O)(C(F)(F)F)C(F)(F)F)CCCC(C)(C)O)C[C@@H](O)C[C@H]1F. The fourth-order valence-electron chi connectivity index (χ4n) is 8.01. The van der Waals surface area contributed by atoms with Crippen LogP contribution in [0.1, 0.15) is 98.3 Å². The molecule has 246 valence electrons. The Bertz CT molecular complexity index is 1080. The van der Waals surface area contributed by atoms with Gasteiger partial charge in [0.25, 0.3) is 5.60 Å². The summed E-state index contributed by atoms with van der Waals surface area (Å²) in [7, 11) is 0. The molecule has 0 saturated heterocycles. The number of halogens is 7. The Morgan fingerprint density at radius 2 is 1.60 bits per heavy atom. The van der Waals surface area contributed by atoms with Crippen LogP contribution in [0.5, 0.6) is 0 Å². The maximum absolute atomic E-state index is 14.3. The third-order valence-corrected chi connectivity index (χ3v) is 10.4. The van der Waals surface area contributed by atoms with E-state index in [1.807, 2.05) is 19.1 Å². The molecule has 3 rings (SSSR count). The van der Waals surface area contributed by atoms with E-state index in [9.17, 15) is 46.1 Å². The molecule has 43 heavy (non-hydrogen) atoms. The van der Waals surface area contributed by atoms with Gasteiger partial charge in [-0.3, -0.25) is 0 Å². The standard InChI is InChI=1S/C33H47F7O3/c1-21-23(19-24(41)20-26(21)34)11-10-22-9-6-17-30(5)25(22)12-13-27(30)29(4,15-7-14-28(2,3)42)16-8-18-31(43,32(35,36)37)33(38,39)40/h8,10-11,18,24-27,41-43H,1,6-7,9,12-17,19-20H2,2-5H3/b18-8-,22-10?,23-11-/t24-,25?,26-,27-,29+,30+/m1/s1. The van der Waals surface area contributed by atoms with E-state index in [1.165, 1.54) is 5.57 Å². The van der Waals surface area contributed by atoms with Crippen LogP contribution in [-0.4, -0.2) is 51.1 Å². The van der Waals surface area contributed by atoms with Gasteiger partial charge in [0.1, 0.15) is 6.17 Å². The van der Waals surface area contributed by atoms with Crippen LogP contribution in [0.2, 0.25) is 0 Å². The zero-order valence-corrected chi connectivity index (χ0v) is 25.6. The predicted octanol–water partition coefficient (Wildman–Crippen LogP) is 8.85. The van der Waals surface area contributed by atoms with E-state index >= 15 is 0 Å². The first-order valence-electron chi connectivity index (χ1n) is 15.2. The molecular weight excluding hydrogens is 577 g/mol. The lowest BCUT2D eigenvalue weighted by atomic mass is 9.55. The van der Waals surface area contributed by atoms with E-state index in [0.717, 1.165) is 38.2 Å². The third-order valence-electron chi connectivity index (χ3n) is 10.4. The van der Waals surface area contributed by atoms with Crippen molar-refractivity contribution < 1.29 is 46.1 Å². The van der Waals surface area contributed by atoms with Crippen molar-refractivity contribution in [2.45, 2.75) is 134 Å². The number of fused-ring (bicyclic) bond motifs is 1. The van der Waals surface area contributed by atoms with Crippen molar-refractivity contribution in [3.8, 4) is 0 Å². The van der Waals surface area contributed by atoms with Gasteiger partial charge in [0, 0.05) is 6.42 Å². The molecule has 3 nitrogen and oxygen atoms in total. The summed E-state index contributed by atoms with van der Waals surface area (Å²) in [5, 5.41) is 30.0. The average Bonchev–Trinajstić information content (AvgIpc) is 3.21. The highest BCUT2D eigenvalue weighted by molar-refractivity contribution is 5.39. The van der Waals surface area contributed by atoms with Crippen LogP contribution in [0.4, 0.5) is 30.7 Å².